The summed E-state index contributed by atoms with van der Waals surface area (Å²) in [5, 5.41) is 0. The minimum atomic E-state index is -0.762. The summed E-state index contributed by atoms with van der Waals surface area (Å²) in [5.74, 6) is 0.0558. The number of benzene rings is 4. The van der Waals surface area contributed by atoms with Crippen LogP contribution in [0.1, 0.15) is 42.1 Å². The number of halogens is 1. The summed E-state index contributed by atoms with van der Waals surface area (Å²) in [4.78, 5) is 34.4. The van der Waals surface area contributed by atoms with Crippen LogP contribution in [0.5, 0.6) is 11.5 Å². The third-order valence-corrected chi connectivity index (χ3v) is 9.44. The first-order chi connectivity index (χ1) is 23.4. The van der Waals surface area contributed by atoms with E-state index >= 15 is 0 Å². The number of thiazole rings is 1. The van der Waals surface area contributed by atoms with Crippen LogP contribution < -0.4 is 24.4 Å². The molecule has 7 nitrogen and oxygen atoms in total. The van der Waals surface area contributed by atoms with Crippen LogP contribution in [0.3, 0.4) is 0 Å². The fourth-order valence-corrected chi connectivity index (χ4v) is 6.88. The second-order valence-corrected chi connectivity index (χ2v) is 12.6. The maximum Gasteiger partial charge on any atom is 0.338 e. The summed E-state index contributed by atoms with van der Waals surface area (Å²) >= 11 is 2.85. The number of ether oxygens (including phenoxy) is 3. The predicted octanol–water partition coefficient (Wildman–Crippen LogP) is 6.77. The Morgan fingerprint density at radius 1 is 0.938 bits per heavy atom. The van der Waals surface area contributed by atoms with E-state index in [4.69, 9.17) is 19.2 Å². The summed E-state index contributed by atoms with van der Waals surface area (Å²) < 4.78 is 33.6. The third kappa shape index (κ3) is 6.86. The molecule has 48 heavy (non-hydrogen) atoms. The van der Waals surface area contributed by atoms with Gasteiger partial charge >= 0.3 is 5.97 Å². The van der Waals surface area contributed by atoms with Crippen LogP contribution >= 0.6 is 23.1 Å². The van der Waals surface area contributed by atoms with Gasteiger partial charge in [0.05, 0.1) is 35.1 Å². The van der Waals surface area contributed by atoms with E-state index in [2.05, 4.69) is 0 Å². The number of rotatable bonds is 11. The van der Waals surface area contributed by atoms with Gasteiger partial charge in [-0.15, -0.1) is 11.8 Å². The molecule has 0 fully saturated rings. The zero-order chi connectivity index (χ0) is 33.6. The second kappa shape index (κ2) is 14.9. The molecule has 0 amide bonds. The number of thioether (sulfide) groups is 1. The Balaban J connectivity index is 1.48. The fraction of sp³-hybridized carbons (Fsp3) is 0.184. The first-order valence-electron chi connectivity index (χ1n) is 15.5. The zero-order valence-corrected chi connectivity index (χ0v) is 28.3. The van der Waals surface area contributed by atoms with Gasteiger partial charge in [-0.3, -0.25) is 9.36 Å². The van der Waals surface area contributed by atoms with Crippen LogP contribution in [-0.2, 0) is 16.1 Å². The number of hydrogen-bond donors (Lipinski definition) is 0. The molecule has 2 heterocycles. The van der Waals surface area contributed by atoms with E-state index in [0.717, 1.165) is 16.0 Å². The van der Waals surface area contributed by atoms with Crippen molar-refractivity contribution >= 4 is 40.8 Å². The summed E-state index contributed by atoms with van der Waals surface area (Å²) in [5.41, 5.74) is 3.13. The quantitative estimate of drug-likeness (QED) is 0.113. The molecule has 10 heteroatoms. The highest BCUT2D eigenvalue weighted by atomic mass is 32.2. The molecule has 0 saturated carbocycles. The maximum absolute atomic E-state index is 14.3. The van der Waals surface area contributed by atoms with Crippen LogP contribution in [0, 0.1) is 5.82 Å². The van der Waals surface area contributed by atoms with Gasteiger partial charge in [0.1, 0.15) is 12.4 Å². The van der Waals surface area contributed by atoms with E-state index in [9.17, 15) is 14.0 Å². The number of aromatic nitrogens is 1. The molecule has 1 aromatic heterocycles. The highest BCUT2D eigenvalue weighted by Gasteiger charge is 2.35. The first-order valence-corrected chi connectivity index (χ1v) is 17.5. The minimum absolute atomic E-state index is 0.0369. The van der Waals surface area contributed by atoms with E-state index in [1.54, 1.807) is 59.7 Å². The van der Waals surface area contributed by atoms with Gasteiger partial charge in [-0.2, -0.15) is 0 Å². The lowest BCUT2D eigenvalue weighted by molar-refractivity contribution is -0.138. The van der Waals surface area contributed by atoms with Crippen molar-refractivity contribution in [3.8, 4) is 11.5 Å². The molecule has 1 aliphatic rings. The molecule has 6 rings (SSSR count). The Morgan fingerprint density at radius 3 is 2.40 bits per heavy atom. The molecule has 0 unspecified atom stereocenters. The molecular formula is C38H33FN2O5S2. The molecule has 0 saturated heterocycles. The molecule has 244 valence electrons. The Bertz CT molecular complexity index is 2160. The third-order valence-electron chi connectivity index (χ3n) is 7.71. The van der Waals surface area contributed by atoms with Crippen LogP contribution in [0.25, 0.3) is 11.8 Å². The molecule has 0 N–H and O–H groups in total. The summed E-state index contributed by atoms with van der Waals surface area (Å²) in [6.45, 7) is 4.22. The van der Waals surface area contributed by atoms with Crippen LogP contribution in [0.4, 0.5) is 4.39 Å². The number of carbonyl (C=O) groups excluding carboxylic acids is 1. The maximum atomic E-state index is 14.3. The van der Waals surface area contributed by atoms with Crippen LogP contribution in [-0.4, -0.2) is 30.0 Å². The Kier molecular flexibility index (Phi) is 10.2. The highest BCUT2D eigenvalue weighted by molar-refractivity contribution is 7.98. The molecule has 1 atom stereocenters. The van der Waals surface area contributed by atoms with Gasteiger partial charge in [0.2, 0.25) is 0 Å². The van der Waals surface area contributed by atoms with Crippen LogP contribution in [0.15, 0.2) is 117 Å². The molecule has 0 bridgehead atoms. The van der Waals surface area contributed by atoms with E-state index < -0.39 is 12.0 Å². The smallest absolute Gasteiger partial charge is 0.338 e. The van der Waals surface area contributed by atoms with Gasteiger partial charge in [-0.1, -0.05) is 78.1 Å². The Hall–Kier alpha value is -4.93. The van der Waals surface area contributed by atoms with Crippen molar-refractivity contribution in [2.24, 2.45) is 4.99 Å². The van der Waals surface area contributed by atoms with Crippen molar-refractivity contribution in [1.29, 1.82) is 0 Å². The average Bonchev–Trinajstić information content (AvgIpc) is 3.42. The van der Waals surface area contributed by atoms with E-state index in [0.29, 0.717) is 49.8 Å². The standard InChI is InChI=1S/C38H33FN2O5S2/c1-4-44-31-21-24(15-20-30(31)46-23-27-13-9-10-14-29(27)39)22-32-36(42)41-35(26-16-18-28(47-3)19-17-26)33(37(43)45-5-2)34(40-38(41)48-32)25-11-7-6-8-12-25/h6-22,35H,4-5,23H2,1-3H3/b32-22-/t35-/m0/s1. The predicted molar refractivity (Wildman–Crippen MR) is 188 cm³/mol. The number of carbonyl (C=O) groups is 1. The monoisotopic (exact) mass is 680 g/mol. The van der Waals surface area contributed by atoms with Crippen molar-refractivity contribution < 1.29 is 23.4 Å². The van der Waals surface area contributed by atoms with Crippen molar-refractivity contribution in [2.75, 3.05) is 19.5 Å². The van der Waals surface area contributed by atoms with Crippen molar-refractivity contribution in [1.82, 2.24) is 4.57 Å². The van der Waals surface area contributed by atoms with Crippen LogP contribution in [0.2, 0.25) is 0 Å². The van der Waals surface area contributed by atoms with Gasteiger partial charge in [0.25, 0.3) is 5.56 Å². The lowest BCUT2D eigenvalue weighted by Crippen LogP contribution is -2.40. The van der Waals surface area contributed by atoms with Crippen molar-refractivity contribution in [3.63, 3.8) is 0 Å². The SMILES string of the molecule is CCOC(=O)C1=C(c2ccccc2)N=c2s/c(=C\c3ccc(OCc4ccccc4F)c(OCC)c3)c(=O)n2[C@H]1c1ccc(SC)cc1. The molecule has 1 aliphatic heterocycles. The zero-order valence-electron chi connectivity index (χ0n) is 26.6. The molecular weight excluding hydrogens is 648 g/mol. The van der Waals surface area contributed by atoms with E-state index in [1.807, 2.05) is 73.8 Å². The first kappa shape index (κ1) is 33.0. The molecule has 0 spiro atoms. The van der Waals surface area contributed by atoms with Crippen molar-refractivity contribution in [2.45, 2.75) is 31.4 Å². The average molecular weight is 681 g/mol. The fourth-order valence-electron chi connectivity index (χ4n) is 5.47. The lowest BCUT2D eigenvalue weighted by atomic mass is 9.93. The number of hydrogen-bond acceptors (Lipinski definition) is 8. The van der Waals surface area contributed by atoms with Gasteiger partial charge in [-0.25, -0.2) is 14.2 Å². The van der Waals surface area contributed by atoms with E-state index in [1.165, 1.54) is 17.4 Å². The topological polar surface area (TPSA) is 79.1 Å². The number of esters is 1. The summed E-state index contributed by atoms with van der Waals surface area (Å²) in [7, 11) is 0. The van der Waals surface area contributed by atoms with Gasteiger partial charge in [-0.05, 0) is 67.6 Å². The molecule has 0 aliphatic carbocycles. The van der Waals surface area contributed by atoms with Crippen molar-refractivity contribution in [3.05, 3.63) is 150 Å². The molecule has 4 aromatic carbocycles. The minimum Gasteiger partial charge on any atom is -0.490 e. The van der Waals surface area contributed by atoms with Gasteiger partial charge < -0.3 is 14.2 Å². The number of fused-ring (bicyclic) bond motifs is 1. The highest BCUT2D eigenvalue weighted by Crippen LogP contribution is 2.36. The van der Waals surface area contributed by atoms with Gasteiger partial charge in [0, 0.05) is 16.0 Å². The molecule has 0 radical (unpaired) electrons. The lowest BCUT2D eigenvalue weighted by Gasteiger charge is -2.26. The number of nitrogens with zero attached hydrogens (tertiary/aromatic N) is 2. The normalized spacial score (nSPS) is 14.3. The second-order valence-electron chi connectivity index (χ2n) is 10.7. The van der Waals surface area contributed by atoms with E-state index in [-0.39, 0.29) is 24.6 Å². The van der Waals surface area contributed by atoms with Gasteiger partial charge in [0.15, 0.2) is 16.3 Å². The molecule has 5 aromatic rings. The largest absolute Gasteiger partial charge is 0.490 e. The summed E-state index contributed by atoms with van der Waals surface area (Å²) in [6.07, 6.45) is 3.77. The Morgan fingerprint density at radius 2 is 1.69 bits per heavy atom. The summed E-state index contributed by atoms with van der Waals surface area (Å²) in [6, 6.07) is 28.3. The Labute approximate surface area is 285 Å².